The van der Waals surface area contributed by atoms with E-state index in [1.54, 1.807) is 0 Å². The number of hydrogen-bond acceptors (Lipinski definition) is 4. The first-order valence-corrected chi connectivity index (χ1v) is 7.14. The average Bonchev–Trinajstić information content (AvgIpc) is 2.95. The topological polar surface area (TPSA) is 73.6 Å². The minimum Gasteiger partial charge on any atom is -0.493 e. The van der Waals surface area contributed by atoms with Crippen molar-refractivity contribution in [3.05, 3.63) is 23.8 Å². The second kappa shape index (κ2) is 7.11. The Morgan fingerprint density at radius 1 is 1.29 bits per heavy atom. The summed E-state index contributed by atoms with van der Waals surface area (Å²) >= 11 is 0. The standard InChI is InChI=1S/C15H20N2O3.ClH/c16-14(10-3-6-19-7-4-10)15(18)17-12-1-2-13-11(9-12)5-8-20-13;/h1-2,9-10,14H,3-8,16H2,(H,17,18);1H. The van der Waals surface area contributed by atoms with Gasteiger partial charge in [-0.15, -0.1) is 12.4 Å². The summed E-state index contributed by atoms with van der Waals surface area (Å²) in [5.41, 5.74) is 7.99. The van der Waals surface area contributed by atoms with Gasteiger partial charge in [-0.05, 0) is 42.5 Å². The van der Waals surface area contributed by atoms with Crippen LogP contribution in [0.4, 0.5) is 5.69 Å². The molecular formula is C15H21ClN2O3. The minimum absolute atomic E-state index is 0. The monoisotopic (exact) mass is 312 g/mol. The molecule has 1 fully saturated rings. The maximum atomic E-state index is 12.2. The molecule has 6 heteroatoms. The molecule has 0 aliphatic carbocycles. The van der Waals surface area contributed by atoms with Crippen molar-refractivity contribution in [1.29, 1.82) is 0 Å². The van der Waals surface area contributed by atoms with Gasteiger partial charge in [0.1, 0.15) is 5.75 Å². The summed E-state index contributed by atoms with van der Waals surface area (Å²) in [6.45, 7) is 2.11. The van der Waals surface area contributed by atoms with Crippen LogP contribution >= 0.6 is 12.4 Å². The van der Waals surface area contributed by atoms with E-state index >= 15 is 0 Å². The molecule has 1 saturated heterocycles. The molecule has 3 N–H and O–H groups in total. The highest BCUT2D eigenvalue weighted by atomic mass is 35.5. The van der Waals surface area contributed by atoms with E-state index in [9.17, 15) is 4.79 Å². The lowest BCUT2D eigenvalue weighted by molar-refractivity contribution is -0.119. The average molecular weight is 313 g/mol. The molecule has 0 aromatic heterocycles. The lowest BCUT2D eigenvalue weighted by Gasteiger charge is -2.26. The molecule has 1 amide bonds. The summed E-state index contributed by atoms with van der Waals surface area (Å²) in [4.78, 5) is 12.2. The number of nitrogens with one attached hydrogen (secondary N) is 1. The van der Waals surface area contributed by atoms with Gasteiger partial charge in [0.15, 0.2) is 0 Å². The summed E-state index contributed by atoms with van der Waals surface area (Å²) in [5, 5.41) is 2.91. The third-order valence-electron chi connectivity index (χ3n) is 4.03. The summed E-state index contributed by atoms with van der Waals surface area (Å²) in [7, 11) is 0. The predicted molar refractivity (Wildman–Crippen MR) is 83.0 cm³/mol. The first kappa shape index (κ1) is 16.1. The second-order valence-electron chi connectivity index (χ2n) is 5.39. The van der Waals surface area contributed by atoms with Crippen molar-refractivity contribution in [3.63, 3.8) is 0 Å². The molecule has 0 radical (unpaired) electrons. The molecule has 3 rings (SSSR count). The van der Waals surface area contributed by atoms with Crippen molar-refractivity contribution in [1.82, 2.24) is 0 Å². The number of amides is 1. The Morgan fingerprint density at radius 2 is 2.05 bits per heavy atom. The Morgan fingerprint density at radius 3 is 2.81 bits per heavy atom. The van der Waals surface area contributed by atoms with Crippen LogP contribution in [0.3, 0.4) is 0 Å². The molecule has 21 heavy (non-hydrogen) atoms. The maximum absolute atomic E-state index is 12.2. The van der Waals surface area contributed by atoms with E-state index in [1.807, 2.05) is 18.2 Å². The van der Waals surface area contributed by atoms with Gasteiger partial charge < -0.3 is 20.5 Å². The van der Waals surface area contributed by atoms with E-state index in [4.69, 9.17) is 15.2 Å². The fourth-order valence-electron chi connectivity index (χ4n) is 2.78. The third kappa shape index (κ3) is 3.67. The van der Waals surface area contributed by atoms with Crippen LogP contribution < -0.4 is 15.8 Å². The quantitative estimate of drug-likeness (QED) is 0.891. The number of rotatable bonds is 3. The van der Waals surface area contributed by atoms with Crippen molar-refractivity contribution < 1.29 is 14.3 Å². The smallest absolute Gasteiger partial charge is 0.241 e. The van der Waals surface area contributed by atoms with Crippen LogP contribution in [0.1, 0.15) is 18.4 Å². The van der Waals surface area contributed by atoms with Gasteiger partial charge in [-0.2, -0.15) is 0 Å². The molecule has 2 aliphatic heterocycles. The number of hydrogen-bond donors (Lipinski definition) is 2. The number of carbonyl (C=O) groups excluding carboxylic acids is 1. The van der Waals surface area contributed by atoms with Crippen LogP contribution in [0, 0.1) is 5.92 Å². The fraction of sp³-hybridized carbons (Fsp3) is 0.533. The molecule has 1 aromatic rings. The summed E-state index contributed by atoms with van der Waals surface area (Å²) in [6, 6.07) is 5.26. The lowest BCUT2D eigenvalue weighted by atomic mass is 9.92. The van der Waals surface area contributed by atoms with Crippen LogP contribution in [-0.4, -0.2) is 31.8 Å². The van der Waals surface area contributed by atoms with Crippen LogP contribution in [-0.2, 0) is 16.0 Å². The van der Waals surface area contributed by atoms with E-state index < -0.39 is 6.04 Å². The van der Waals surface area contributed by atoms with Gasteiger partial charge in [0.25, 0.3) is 0 Å². The van der Waals surface area contributed by atoms with E-state index in [1.165, 1.54) is 0 Å². The third-order valence-corrected chi connectivity index (χ3v) is 4.03. The number of benzene rings is 1. The van der Waals surface area contributed by atoms with Gasteiger partial charge in [0.05, 0.1) is 12.6 Å². The maximum Gasteiger partial charge on any atom is 0.241 e. The molecular weight excluding hydrogens is 292 g/mol. The first-order valence-electron chi connectivity index (χ1n) is 7.14. The van der Waals surface area contributed by atoms with Crippen LogP contribution in [0.25, 0.3) is 0 Å². The highest BCUT2D eigenvalue weighted by molar-refractivity contribution is 5.95. The van der Waals surface area contributed by atoms with Crippen molar-refractivity contribution in [3.8, 4) is 5.75 Å². The number of ether oxygens (including phenoxy) is 2. The minimum atomic E-state index is -0.469. The van der Waals surface area contributed by atoms with Crippen molar-refractivity contribution in [2.24, 2.45) is 11.7 Å². The van der Waals surface area contributed by atoms with Crippen molar-refractivity contribution in [2.45, 2.75) is 25.3 Å². The molecule has 0 bridgehead atoms. The molecule has 5 nitrogen and oxygen atoms in total. The molecule has 1 unspecified atom stereocenters. The van der Waals surface area contributed by atoms with Gasteiger partial charge in [0, 0.05) is 25.3 Å². The summed E-state index contributed by atoms with van der Waals surface area (Å²) < 4.78 is 10.7. The highest BCUT2D eigenvalue weighted by Gasteiger charge is 2.26. The summed E-state index contributed by atoms with van der Waals surface area (Å²) in [6.07, 6.45) is 2.60. The van der Waals surface area contributed by atoms with Gasteiger partial charge >= 0.3 is 0 Å². The number of carbonyl (C=O) groups is 1. The van der Waals surface area contributed by atoms with E-state index in [-0.39, 0.29) is 24.2 Å². The van der Waals surface area contributed by atoms with Crippen molar-refractivity contribution >= 4 is 24.0 Å². The predicted octanol–water partition coefficient (Wildman–Crippen LogP) is 1.74. The molecule has 2 heterocycles. The Labute approximate surface area is 130 Å². The van der Waals surface area contributed by atoms with Gasteiger partial charge in [-0.3, -0.25) is 4.79 Å². The van der Waals surface area contributed by atoms with Gasteiger partial charge in [0.2, 0.25) is 5.91 Å². The molecule has 0 saturated carbocycles. The molecule has 0 spiro atoms. The first-order chi connectivity index (χ1) is 9.74. The summed E-state index contributed by atoms with van der Waals surface area (Å²) in [5.74, 6) is 1.01. The number of anilines is 1. The largest absolute Gasteiger partial charge is 0.493 e. The number of nitrogens with two attached hydrogens (primary N) is 1. The zero-order valence-electron chi connectivity index (χ0n) is 11.8. The molecule has 116 valence electrons. The fourth-order valence-corrected chi connectivity index (χ4v) is 2.78. The second-order valence-corrected chi connectivity index (χ2v) is 5.39. The van der Waals surface area contributed by atoms with Crippen LogP contribution in [0.15, 0.2) is 18.2 Å². The van der Waals surface area contributed by atoms with Crippen LogP contribution in [0.5, 0.6) is 5.75 Å². The zero-order chi connectivity index (χ0) is 13.9. The molecule has 1 aromatic carbocycles. The van der Waals surface area contributed by atoms with Crippen molar-refractivity contribution in [2.75, 3.05) is 25.1 Å². The normalized spacial score (nSPS) is 19.1. The van der Waals surface area contributed by atoms with E-state index in [0.29, 0.717) is 19.8 Å². The van der Waals surface area contributed by atoms with E-state index in [0.717, 1.165) is 36.3 Å². The van der Waals surface area contributed by atoms with E-state index in [2.05, 4.69) is 5.32 Å². The zero-order valence-corrected chi connectivity index (χ0v) is 12.7. The number of fused-ring (bicyclic) bond motifs is 1. The van der Waals surface area contributed by atoms with Crippen LogP contribution in [0.2, 0.25) is 0 Å². The molecule has 2 aliphatic rings. The Kier molecular flexibility index (Phi) is 5.45. The Hall–Kier alpha value is -1.30. The Balaban J connectivity index is 0.00000161. The molecule has 1 atom stereocenters. The highest BCUT2D eigenvalue weighted by Crippen LogP contribution is 2.28. The van der Waals surface area contributed by atoms with Gasteiger partial charge in [-0.1, -0.05) is 0 Å². The Bertz CT molecular complexity index is 504. The van der Waals surface area contributed by atoms with Gasteiger partial charge in [-0.25, -0.2) is 0 Å². The number of halogens is 1. The lowest BCUT2D eigenvalue weighted by Crippen LogP contribution is -2.44. The SMILES string of the molecule is Cl.NC(C(=O)Nc1ccc2c(c1)CCO2)C1CCOCC1.